The predicted molar refractivity (Wildman–Crippen MR) is 67.5 cm³/mol. The van der Waals surface area contributed by atoms with Crippen molar-refractivity contribution in [3.63, 3.8) is 0 Å². The molecule has 2 rings (SSSR count). The van der Waals surface area contributed by atoms with E-state index in [-0.39, 0.29) is 17.0 Å². The van der Waals surface area contributed by atoms with E-state index in [4.69, 9.17) is 0 Å². The maximum atomic E-state index is 12.8. The third kappa shape index (κ3) is 2.98. The second-order valence-electron chi connectivity index (χ2n) is 3.41. The van der Waals surface area contributed by atoms with E-state index < -0.39 is 6.04 Å². The molecule has 0 spiro atoms. The van der Waals surface area contributed by atoms with E-state index in [0.717, 1.165) is 11.8 Å². The zero-order chi connectivity index (χ0) is 12.4. The second kappa shape index (κ2) is 5.05. The number of hydrogen-bond acceptors (Lipinski definition) is 3. The van der Waals surface area contributed by atoms with Crippen LogP contribution in [0.5, 0.6) is 0 Å². The fourth-order valence-electron chi connectivity index (χ4n) is 1.34. The van der Waals surface area contributed by atoms with E-state index in [9.17, 15) is 14.0 Å². The molecule has 1 aliphatic rings. The first kappa shape index (κ1) is 12.4. The maximum absolute atomic E-state index is 12.8. The number of nitrogens with one attached hydrogen (secondary N) is 2. The number of benzene rings is 1. The van der Waals surface area contributed by atoms with Crippen LogP contribution in [0.3, 0.4) is 0 Å². The molecule has 17 heavy (non-hydrogen) atoms. The van der Waals surface area contributed by atoms with Gasteiger partial charge >= 0.3 is 0 Å². The van der Waals surface area contributed by atoms with E-state index in [1.165, 1.54) is 18.2 Å². The van der Waals surface area contributed by atoms with Crippen LogP contribution in [-0.4, -0.2) is 22.9 Å². The lowest BCUT2D eigenvalue weighted by Crippen LogP contribution is -2.38. The minimum Gasteiger partial charge on any atom is -0.334 e. The Morgan fingerprint density at radius 1 is 1.59 bits per heavy atom. The molecular formula is C10H8BrFN2O2S. The van der Waals surface area contributed by atoms with Crippen LogP contribution in [0.4, 0.5) is 14.9 Å². The number of thioether (sulfide) groups is 1. The molecule has 4 nitrogen and oxygen atoms in total. The van der Waals surface area contributed by atoms with Gasteiger partial charge in [0.2, 0.25) is 5.91 Å². The summed E-state index contributed by atoms with van der Waals surface area (Å²) in [4.78, 5) is 22.7. The van der Waals surface area contributed by atoms with Crippen LogP contribution >= 0.6 is 27.7 Å². The highest BCUT2D eigenvalue weighted by Crippen LogP contribution is 2.24. The summed E-state index contributed by atoms with van der Waals surface area (Å²) in [6.07, 6.45) is 0. The fourth-order valence-corrected chi connectivity index (χ4v) is 2.56. The number of anilines is 1. The minimum atomic E-state index is -0.538. The van der Waals surface area contributed by atoms with Gasteiger partial charge in [0.1, 0.15) is 11.9 Å². The topological polar surface area (TPSA) is 58.2 Å². The van der Waals surface area contributed by atoms with Gasteiger partial charge < -0.3 is 10.6 Å². The maximum Gasteiger partial charge on any atom is 0.279 e. The summed E-state index contributed by atoms with van der Waals surface area (Å²) in [7, 11) is 0. The molecule has 0 radical (unpaired) electrons. The fraction of sp³-hybridized carbons (Fsp3) is 0.200. The Labute approximate surface area is 109 Å². The highest BCUT2D eigenvalue weighted by molar-refractivity contribution is 9.10. The molecule has 1 fully saturated rings. The van der Waals surface area contributed by atoms with Crippen LogP contribution in [-0.2, 0) is 4.79 Å². The monoisotopic (exact) mass is 318 g/mol. The molecule has 7 heteroatoms. The van der Waals surface area contributed by atoms with Gasteiger partial charge in [0, 0.05) is 10.2 Å². The number of amides is 2. The summed E-state index contributed by atoms with van der Waals surface area (Å²) < 4.78 is 13.3. The van der Waals surface area contributed by atoms with Crippen LogP contribution in [0.1, 0.15) is 0 Å². The molecule has 1 saturated heterocycles. The Kier molecular flexibility index (Phi) is 3.68. The molecule has 0 aliphatic carbocycles. The molecule has 0 bridgehead atoms. The lowest BCUT2D eigenvalue weighted by molar-refractivity contribution is -0.117. The van der Waals surface area contributed by atoms with Gasteiger partial charge in [-0.25, -0.2) is 4.39 Å². The van der Waals surface area contributed by atoms with E-state index >= 15 is 0 Å². The molecule has 0 aromatic heterocycles. The van der Waals surface area contributed by atoms with Gasteiger partial charge in [-0.3, -0.25) is 9.59 Å². The Bertz CT molecular complexity index is 483. The zero-order valence-corrected chi connectivity index (χ0v) is 10.9. The molecule has 90 valence electrons. The van der Waals surface area contributed by atoms with Crippen molar-refractivity contribution >= 4 is 44.5 Å². The van der Waals surface area contributed by atoms with Gasteiger partial charge in [-0.2, -0.15) is 0 Å². The van der Waals surface area contributed by atoms with Crippen LogP contribution in [0, 0.1) is 5.82 Å². The summed E-state index contributed by atoms with van der Waals surface area (Å²) in [5.74, 6) is -0.293. The summed E-state index contributed by atoms with van der Waals surface area (Å²) in [6, 6.07) is 3.44. The summed E-state index contributed by atoms with van der Waals surface area (Å²) >= 11 is 4.22. The Morgan fingerprint density at radius 2 is 2.35 bits per heavy atom. The van der Waals surface area contributed by atoms with Crippen LogP contribution < -0.4 is 10.6 Å². The van der Waals surface area contributed by atoms with Gasteiger partial charge in [-0.1, -0.05) is 11.8 Å². The molecular weight excluding hydrogens is 311 g/mol. The third-order valence-corrected chi connectivity index (χ3v) is 3.71. The third-order valence-electron chi connectivity index (χ3n) is 2.18. The smallest absolute Gasteiger partial charge is 0.279 e. The van der Waals surface area contributed by atoms with E-state index in [1.54, 1.807) is 0 Å². The Morgan fingerprint density at radius 3 is 2.94 bits per heavy atom. The molecule has 1 heterocycles. The first-order chi connectivity index (χ1) is 8.06. The van der Waals surface area contributed by atoms with Crippen molar-refractivity contribution < 1.29 is 14.0 Å². The largest absolute Gasteiger partial charge is 0.334 e. The molecule has 1 aromatic carbocycles. The molecule has 2 amide bonds. The lowest BCUT2D eigenvalue weighted by Gasteiger charge is -2.11. The van der Waals surface area contributed by atoms with Gasteiger partial charge in [-0.15, -0.1) is 0 Å². The second-order valence-corrected chi connectivity index (χ2v) is 5.26. The van der Waals surface area contributed by atoms with Crippen LogP contribution in [0.15, 0.2) is 22.7 Å². The van der Waals surface area contributed by atoms with Gasteiger partial charge in [0.05, 0.1) is 5.69 Å². The predicted octanol–water partition coefficient (Wildman–Crippen LogP) is 2.35. The van der Waals surface area contributed by atoms with E-state index in [0.29, 0.717) is 15.9 Å². The Balaban J connectivity index is 2.05. The minimum absolute atomic E-state index is 0.205. The first-order valence-corrected chi connectivity index (χ1v) is 6.53. The first-order valence-electron chi connectivity index (χ1n) is 4.75. The molecule has 1 atom stereocenters. The lowest BCUT2D eigenvalue weighted by atomic mass is 10.2. The number of halogens is 2. The quantitative estimate of drug-likeness (QED) is 0.880. The molecule has 1 aliphatic heterocycles. The van der Waals surface area contributed by atoms with Crippen LogP contribution in [0.25, 0.3) is 0 Å². The molecule has 1 aromatic rings. The standard InChI is InChI=1S/C10H8BrFN2O2S/c11-6-3-5(12)1-2-7(6)13-9(15)8-4-17-10(16)14-8/h1-3,8H,4H2,(H,13,15)(H,14,16). The number of carbonyl (C=O) groups excluding carboxylic acids is 2. The molecule has 1 unspecified atom stereocenters. The van der Waals surface area contributed by atoms with E-state index in [2.05, 4.69) is 26.6 Å². The SMILES string of the molecule is O=C1NC(C(=O)Nc2ccc(F)cc2Br)CS1. The van der Waals surface area contributed by atoms with Crippen molar-refractivity contribution in [2.75, 3.05) is 11.1 Å². The number of hydrogen-bond donors (Lipinski definition) is 2. The molecule has 0 saturated carbocycles. The van der Waals surface area contributed by atoms with Gasteiger partial charge in [0.15, 0.2) is 0 Å². The summed E-state index contributed by atoms with van der Waals surface area (Å²) in [6.45, 7) is 0. The highest BCUT2D eigenvalue weighted by atomic mass is 79.9. The summed E-state index contributed by atoms with van der Waals surface area (Å²) in [5, 5.41) is 4.94. The van der Waals surface area contributed by atoms with Crippen LogP contribution in [0.2, 0.25) is 0 Å². The zero-order valence-electron chi connectivity index (χ0n) is 8.50. The van der Waals surface area contributed by atoms with Crippen molar-refractivity contribution in [3.05, 3.63) is 28.5 Å². The van der Waals surface area contributed by atoms with E-state index in [1.807, 2.05) is 0 Å². The van der Waals surface area contributed by atoms with Crippen molar-refractivity contribution in [1.82, 2.24) is 5.32 Å². The average Bonchev–Trinajstić information content (AvgIpc) is 2.69. The summed E-state index contributed by atoms with van der Waals surface area (Å²) in [5.41, 5.74) is 0.475. The Hall–Kier alpha value is -1.08. The van der Waals surface area contributed by atoms with Crippen molar-refractivity contribution in [1.29, 1.82) is 0 Å². The number of carbonyl (C=O) groups is 2. The van der Waals surface area contributed by atoms with Crippen molar-refractivity contribution in [3.8, 4) is 0 Å². The average molecular weight is 319 g/mol. The molecule has 2 N–H and O–H groups in total. The van der Waals surface area contributed by atoms with Crippen molar-refractivity contribution in [2.45, 2.75) is 6.04 Å². The highest BCUT2D eigenvalue weighted by Gasteiger charge is 2.28. The normalized spacial score (nSPS) is 18.9. The number of rotatable bonds is 2. The van der Waals surface area contributed by atoms with Gasteiger partial charge in [0.25, 0.3) is 5.24 Å². The van der Waals surface area contributed by atoms with Gasteiger partial charge in [-0.05, 0) is 34.1 Å². The van der Waals surface area contributed by atoms with Crippen molar-refractivity contribution in [2.24, 2.45) is 0 Å².